The summed E-state index contributed by atoms with van der Waals surface area (Å²) in [6.07, 6.45) is 0. The minimum Gasteiger partial charge on any atom is -0.377 e. The highest BCUT2D eigenvalue weighted by molar-refractivity contribution is 5.64. The molecule has 0 bridgehead atoms. The molecule has 2 atom stereocenters. The lowest BCUT2D eigenvalue weighted by Crippen LogP contribution is -2.45. The predicted molar refractivity (Wildman–Crippen MR) is 109 cm³/mol. The molecule has 1 aromatic heterocycles. The molecule has 2 aliphatic heterocycles. The lowest BCUT2D eigenvalue weighted by Gasteiger charge is -2.37. The van der Waals surface area contributed by atoms with Crippen LogP contribution in [0.3, 0.4) is 0 Å². The molecule has 9 nitrogen and oxygen atoms in total. The maximum atomic E-state index is 11.0. The molecule has 4 rings (SSSR count). The molecule has 0 saturated carbocycles. The fourth-order valence-electron chi connectivity index (χ4n) is 3.71. The molecule has 2 aromatic rings. The van der Waals surface area contributed by atoms with Gasteiger partial charge in [-0.25, -0.2) is 9.97 Å². The Morgan fingerprint density at radius 3 is 1.93 bits per heavy atom. The highest BCUT2D eigenvalue weighted by Crippen LogP contribution is 2.29. The van der Waals surface area contributed by atoms with Crippen molar-refractivity contribution >= 4 is 17.3 Å². The van der Waals surface area contributed by atoms with E-state index >= 15 is 0 Å². The number of non-ortho nitro benzene ring substituents is 1. The van der Waals surface area contributed by atoms with Crippen LogP contribution < -0.4 is 9.80 Å². The Hall–Kier alpha value is -2.78. The summed E-state index contributed by atoms with van der Waals surface area (Å²) in [5, 5.41) is 11.0. The monoisotopic (exact) mass is 399 g/mol. The van der Waals surface area contributed by atoms with Gasteiger partial charge in [0.25, 0.3) is 5.69 Å². The van der Waals surface area contributed by atoms with Gasteiger partial charge in [-0.3, -0.25) is 10.1 Å². The van der Waals surface area contributed by atoms with Crippen LogP contribution in [0.4, 0.5) is 17.3 Å². The number of morpholine rings is 2. The van der Waals surface area contributed by atoms with Crippen LogP contribution >= 0.6 is 0 Å². The van der Waals surface area contributed by atoms with Crippen LogP contribution in [0.2, 0.25) is 0 Å². The van der Waals surface area contributed by atoms with Crippen molar-refractivity contribution in [3.63, 3.8) is 0 Å². The molecule has 0 radical (unpaired) electrons. The first-order valence-corrected chi connectivity index (χ1v) is 9.85. The summed E-state index contributed by atoms with van der Waals surface area (Å²) in [6, 6.07) is 8.81. The first kappa shape index (κ1) is 19.5. The van der Waals surface area contributed by atoms with E-state index in [-0.39, 0.29) is 17.8 Å². The molecule has 9 heteroatoms. The number of hydrogen-bond donors (Lipinski definition) is 0. The molecule has 0 aliphatic carbocycles. The average Bonchev–Trinajstić information content (AvgIpc) is 2.74. The maximum Gasteiger partial charge on any atom is 0.269 e. The van der Waals surface area contributed by atoms with E-state index in [1.807, 2.05) is 6.07 Å². The van der Waals surface area contributed by atoms with Crippen LogP contribution in [-0.2, 0) is 9.47 Å². The van der Waals surface area contributed by atoms with Gasteiger partial charge in [0.1, 0.15) is 11.6 Å². The zero-order chi connectivity index (χ0) is 20.4. The lowest BCUT2D eigenvalue weighted by atomic mass is 10.2. The van der Waals surface area contributed by atoms with Gasteiger partial charge < -0.3 is 19.3 Å². The van der Waals surface area contributed by atoms with Gasteiger partial charge in [-0.2, -0.15) is 0 Å². The van der Waals surface area contributed by atoms with Gasteiger partial charge in [0, 0.05) is 36.9 Å². The Kier molecular flexibility index (Phi) is 5.59. The van der Waals surface area contributed by atoms with Crippen molar-refractivity contribution in [2.45, 2.75) is 25.9 Å². The summed E-state index contributed by atoms with van der Waals surface area (Å²) >= 11 is 0. The Bertz CT molecular complexity index is 835. The molecule has 2 saturated heterocycles. The molecule has 0 amide bonds. The number of aromatic nitrogens is 2. The highest BCUT2D eigenvalue weighted by atomic mass is 16.6. The number of nitrogens with zero attached hydrogens (tertiary/aromatic N) is 5. The molecular weight excluding hydrogens is 374 g/mol. The Balaban J connectivity index is 1.75. The quantitative estimate of drug-likeness (QED) is 0.572. The first-order valence-electron chi connectivity index (χ1n) is 9.85. The third kappa shape index (κ3) is 4.15. The van der Waals surface area contributed by atoms with E-state index < -0.39 is 4.92 Å². The van der Waals surface area contributed by atoms with Crippen molar-refractivity contribution in [2.24, 2.45) is 0 Å². The van der Waals surface area contributed by atoms with Gasteiger partial charge in [0.05, 0.1) is 43.4 Å². The zero-order valence-corrected chi connectivity index (χ0v) is 16.7. The number of nitro benzene ring substituents is 1. The summed E-state index contributed by atoms with van der Waals surface area (Å²) in [5.41, 5.74) is 0.800. The van der Waals surface area contributed by atoms with Crippen molar-refractivity contribution in [1.29, 1.82) is 0 Å². The normalized spacial score (nSPS) is 22.6. The highest BCUT2D eigenvalue weighted by Gasteiger charge is 2.26. The second-order valence-corrected chi connectivity index (χ2v) is 7.45. The number of rotatable bonds is 4. The van der Waals surface area contributed by atoms with Gasteiger partial charge in [-0.05, 0) is 26.0 Å². The maximum absolute atomic E-state index is 11.0. The van der Waals surface area contributed by atoms with Gasteiger partial charge in [0.15, 0.2) is 5.82 Å². The molecule has 154 valence electrons. The topological polar surface area (TPSA) is 93.9 Å². The summed E-state index contributed by atoms with van der Waals surface area (Å²) in [6.45, 7) is 8.37. The van der Waals surface area contributed by atoms with Gasteiger partial charge >= 0.3 is 0 Å². The van der Waals surface area contributed by atoms with Crippen molar-refractivity contribution in [3.8, 4) is 11.4 Å². The minimum atomic E-state index is -0.405. The van der Waals surface area contributed by atoms with Crippen molar-refractivity contribution in [3.05, 3.63) is 40.4 Å². The average molecular weight is 399 g/mol. The summed E-state index contributed by atoms with van der Waals surface area (Å²) < 4.78 is 11.1. The van der Waals surface area contributed by atoms with Crippen molar-refractivity contribution in [1.82, 2.24) is 9.97 Å². The molecule has 1 aromatic carbocycles. The van der Waals surface area contributed by atoms with E-state index in [4.69, 9.17) is 19.4 Å². The van der Waals surface area contributed by atoms with Crippen molar-refractivity contribution in [2.75, 3.05) is 49.3 Å². The van der Waals surface area contributed by atoms with E-state index in [0.717, 1.165) is 30.3 Å². The molecule has 0 N–H and O–H groups in total. The van der Waals surface area contributed by atoms with Crippen molar-refractivity contribution < 1.29 is 14.4 Å². The molecule has 0 unspecified atom stereocenters. The second kappa shape index (κ2) is 8.30. The van der Waals surface area contributed by atoms with Gasteiger partial charge in [-0.15, -0.1) is 0 Å². The standard InChI is InChI=1S/C20H25N5O4/c1-14-12-28-9-7-23(14)18-11-19(24-8-10-29-13-15(24)2)22-20(21-18)16-3-5-17(6-4-16)25(26)27/h3-6,11,14-15H,7-10,12-13H2,1-2H3/t14-,15-/m1/s1. The lowest BCUT2D eigenvalue weighted by molar-refractivity contribution is -0.384. The summed E-state index contributed by atoms with van der Waals surface area (Å²) in [4.78, 5) is 24.6. The fourth-order valence-corrected chi connectivity index (χ4v) is 3.71. The van der Waals surface area contributed by atoms with Crippen LogP contribution in [0.25, 0.3) is 11.4 Å². The molecule has 2 fully saturated rings. The van der Waals surface area contributed by atoms with Crippen LogP contribution in [-0.4, -0.2) is 66.5 Å². The molecule has 0 spiro atoms. The Labute approximate surface area is 169 Å². The predicted octanol–water partition coefficient (Wildman–Crippen LogP) is 2.50. The van der Waals surface area contributed by atoms with Gasteiger partial charge in [0.2, 0.25) is 0 Å². The fraction of sp³-hybridized carbons (Fsp3) is 0.500. The second-order valence-electron chi connectivity index (χ2n) is 7.45. The number of nitro groups is 1. The number of ether oxygens (including phenoxy) is 2. The third-order valence-electron chi connectivity index (χ3n) is 5.36. The van der Waals surface area contributed by atoms with E-state index in [1.165, 1.54) is 12.1 Å². The molecular formula is C20H25N5O4. The van der Waals surface area contributed by atoms with Crippen LogP contribution in [0.15, 0.2) is 30.3 Å². The molecule has 2 aliphatic rings. The largest absolute Gasteiger partial charge is 0.377 e. The Morgan fingerprint density at radius 1 is 0.966 bits per heavy atom. The van der Waals surface area contributed by atoms with E-state index in [9.17, 15) is 10.1 Å². The number of anilines is 2. The SMILES string of the molecule is C[C@@H]1COCCN1c1cc(N2CCOC[C@H]2C)nc(-c2ccc([N+](=O)[O-])cc2)n1. The summed E-state index contributed by atoms with van der Waals surface area (Å²) in [7, 11) is 0. The van der Waals surface area contributed by atoms with E-state index in [1.54, 1.807) is 12.1 Å². The minimum absolute atomic E-state index is 0.0498. The van der Waals surface area contributed by atoms with Gasteiger partial charge in [-0.1, -0.05) is 0 Å². The van der Waals surface area contributed by atoms with Crippen LogP contribution in [0.1, 0.15) is 13.8 Å². The van der Waals surface area contributed by atoms with E-state index in [0.29, 0.717) is 32.3 Å². The Morgan fingerprint density at radius 2 is 1.48 bits per heavy atom. The smallest absolute Gasteiger partial charge is 0.269 e. The van der Waals surface area contributed by atoms with E-state index in [2.05, 4.69) is 23.6 Å². The zero-order valence-electron chi connectivity index (χ0n) is 16.7. The van der Waals surface area contributed by atoms with Crippen LogP contribution in [0.5, 0.6) is 0 Å². The van der Waals surface area contributed by atoms with Crippen LogP contribution in [0, 0.1) is 10.1 Å². The molecule has 3 heterocycles. The first-order chi connectivity index (χ1) is 14.0. The number of benzene rings is 1. The third-order valence-corrected chi connectivity index (χ3v) is 5.36. The summed E-state index contributed by atoms with van der Waals surface area (Å²) in [5.74, 6) is 2.25. The molecule has 29 heavy (non-hydrogen) atoms. The number of hydrogen-bond acceptors (Lipinski definition) is 8.